The maximum Gasteiger partial charge on any atom is 0.387 e. The van der Waals surface area contributed by atoms with E-state index in [0.29, 0.717) is 0 Å². The summed E-state index contributed by atoms with van der Waals surface area (Å²) < 4.78 is 4.49. The highest BCUT2D eigenvalue weighted by molar-refractivity contribution is 7.11. The van der Waals surface area contributed by atoms with Crippen molar-refractivity contribution in [2.75, 3.05) is 0 Å². The van der Waals surface area contributed by atoms with Crippen LogP contribution in [-0.2, 0) is 7.05 Å². The van der Waals surface area contributed by atoms with E-state index in [-0.39, 0.29) is 0 Å². The lowest BCUT2D eigenvalue weighted by Gasteiger charge is -2.13. The molecule has 0 bridgehead atoms. The quantitative estimate of drug-likeness (QED) is 0.271. The SMILES string of the molecule is Cn1cc(-c2cc(-c3ccccc3)[n+](-c3nccs3)c(-c3ccccc3)c2)c2ccccc21. The number of rotatable bonds is 4. The van der Waals surface area contributed by atoms with Gasteiger partial charge in [-0.15, -0.1) is 0 Å². The van der Waals surface area contributed by atoms with E-state index in [1.807, 2.05) is 11.6 Å². The fourth-order valence-electron chi connectivity index (χ4n) is 4.50. The number of thiazole rings is 1. The van der Waals surface area contributed by atoms with Gasteiger partial charge in [0.25, 0.3) is 0 Å². The molecule has 0 aliphatic rings. The first-order valence-corrected chi connectivity index (χ1v) is 11.8. The molecule has 0 atom stereocenters. The molecule has 6 aromatic rings. The zero-order valence-electron chi connectivity index (χ0n) is 18.2. The molecule has 0 radical (unpaired) electrons. The van der Waals surface area contributed by atoms with Gasteiger partial charge >= 0.3 is 5.13 Å². The largest absolute Gasteiger partial charge is 0.387 e. The summed E-state index contributed by atoms with van der Waals surface area (Å²) in [5.74, 6) is 0. The molecule has 0 N–H and O–H groups in total. The fraction of sp³-hybridized carbons (Fsp3) is 0.0345. The lowest BCUT2D eigenvalue weighted by Crippen LogP contribution is -2.36. The molecule has 0 fully saturated rings. The van der Waals surface area contributed by atoms with Crippen molar-refractivity contribution in [1.29, 1.82) is 0 Å². The van der Waals surface area contributed by atoms with Gasteiger partial charge in [0.05, 0.1) is 0 Å². The third kappa shape index (κ3) is 3.45. The Hall–Kier alpha value is -4.02. The van der Waals surface area contributed by atoms with Crippen LogP contribution in [0.3, 0.4) is 0 Å². The van der Waals surface area contributed by atoms with E-state index < -0.39 is 0 Å². The Bertz CT molecular complexity index is 1490. The van der Waals surface area contributed by atoms with Crippen LogP contribution in [0.15, 0.2) is 115 Å². The summed E-state index contributed by atoms with van der Waals surface area (Å²) in [4.78, 5) is 4.69. The molecule has 3 heterocycles. The summed E-state index contributed by atoms with van der Waals surface area (Å²) in [5, 5.41) is 4.24. The first kappa shape index (κ1) is 19.6. The molecule has 158 valence electrons. The molecule has 3 aromatic carbocycles. The van der Waals surface area contributed by atoms with Gasteiger partial charge in [-0.3, -0.25) is 0 Å². The molecular formula is C29H22N3S+. The second-order valence-corrected chi connectivity index (χ2v) is 8.94. The first-order chi connectivity index (χ1) is 16.3. The molecule has 0 aliphatic heterocycles. The molecular weight excluding hydrogens is 422 g/mol. The minimum atomic E-state index is 0.956. The summed E-state index contributed by atoms with van der Waals surface area (Å²) in [6.07, 6.45) is 4.10. The van der Waals surface area contributed by atoms with Crippen LogP contribution in [0.25, 0.3) is 49.7 Å². The lowest BCUT2D eigenvalue weighted by atomic mass is 9.99. The summed E-state index contributed by atoms with van der Waals surface area (Å²) in [7, 11) is 2.11. The van der Waals surface area contributed by atoms with Gasteiger partial charge in [0.15, 0.2) is 6.20 Å². The number of benzene rings is 3. The third-order valence-electron chi connectivity index (χ3n) is 6.02. The van der Waals surface area contributed by atoms with E-state index in [0.717, 1.165) is 27.6 Å². The van der Waals surface area contributed by atoms with Crippen LogP contribution in [0.1, 0.15) is 0 Å². The Morgan fingerprint density at radius 2 is 1.33 bits per heavy atom. The summed E-state index contributed by atoms with van der Waals surface area (Å²) >= 11 is 1.65. The van der Waals surface area contributed by atoms with Crippen LogP contribution in [-0.4, -0.2) is 9.55 Å². The number of hydrogen-bond acceptors (Lipinski definition) is 2. The normalized spacial score (nSPS) is 11.2. The molecule has 0 amide bonds. The maximum absolute atomic E-state index is 4.69. The second kappa shape index (κ2) is 8.15. The van der Waals surface area contributed by atoms with Gasteiger partial charge in [0.2, 0.25) is 0 Å². The zero-order chi connectivity index (χ0) is 22.2. The van der Waals surface area contributed by atoms with E-state index in [4.69, 9.17) is 4.98 Å². The van der Waals surface area contributed by atoms with Crippen molar-refractivity contribution >= 4 is 22.2 Å². The fourth-order valence-corrected chi connectivity index (χ4v) is 5.16. The van der Waals surface area contributed by atoms with Crippen LogP contribution in [0.5, 0.6) is 0 Å². The van der Waals surface area contributed by atoms with Crippen molar-refractivity contribution in [1.82, 2.24) is 9.55 Å². The standard InChI is InChI=1S/C29H22N3S/c1-31-20-25(24-14-8-9-15-26(24)31)23-18-27(21-10-4-2-5-11-21)32(29-30-16-17-33-29)28(19-23)22-12-6-3-7-13-22/h2-20H,1H3/q+1. The summed E-state index contributed by atoms with van der Waals surface area (Å²) in [6.45, 7) is 0. The van der Waals surface area contributed by atoms with Gasteiger partial charge in [-0.05, 0) is 28.7 Å². The lowest BCUT2D eigenvalue weighted by molar-refractivity contribution is -0.571. The predicted octanol–water partition coefficient (Wildman–Crippen LogP) is 6.91. The number of aryl methyl sites for hydroxylation is 1. The molecule has 3 nitrogen and oxygen atoms in total. The van der Waals surface area contributed by atoms with Crippen molar-refractivity contribution in [2.45, 2.75) is 0 Å². The van der Waals surface area contributed by atoms with Crippen molar-refractivity contribution in [3.8, 4) is 38.8 Å². The van der Waals surface area contributed by atoms with Gasteiger partial charge in [0.1, 0.15) is 11.4 Å². The van der Waals surface area contributed by atoms with Crippen LogP contribution in [0.2, 0.25) is 0 Å². The Kier molecular flexibility index (Phi) is 4.85. The molecule has 0 saturated heterocycles. The van der Waals surface area contributed by atoms with E-state index in [9.17, 15) is 0 Å². The Morgan fingerprint density at radius 3 is 1.94 bits per heavy atom. The number of aromatic nitrogens is 3. The highest BCUT2D eigenvalue weighted by atomic mass is 32.1. The number of pyridine rings is 1. The minimum Gasteiger partial charge on any atom is -0.350 e. The van der Waals surface area contributed by atoms with E-state index in [1.165, 1.54) is 22.0 Å². The van der Waals surface area contributed by atoms with Gasteiger partial charge in [-0.1, -0.05) is 90.2 Å². The zero-order valence-corrected chi connectivity index (χ0v) is 19.0. The number of hydrogen-bond donors (Lipinski definition) is 0. The van der Waals surface area contributed by atoms with Crippen LogP contribution < -0.4 is 4.57 Å². The molecule has 33 heavy (non-hydrogen) atoms. The van der Waals surface area contributed by atoms with Gasteiger partial charge in [-0.2, -0.15) is 4.57 Å². The van der Waals surface area contributed by atoms with Crippen molar-refractivity contribution in [3.05, 3.63) is 115 Å². The number of nitrogens with zero attached hydrogens (tertiary/aromatic N) is 3. The van der Waals surface area contributed by atoms with E-state index in [1.54, 1.807) is 11.3 Å². The predicted molar refractivity (Wildman–Crippen MR) is 136 cm³/mol. The smallest absolute Gasteiger partial charge is 0.350 e. The monoisotopic (exact) mass is 444 g/mol. The first-order valence-electron chi connectivity index (χ1n) is 10.9. The number of fused-ring (bicyclic) bond motifs is 1. The molecule has 4 heteroatoms. The van der Waals surface area contributed by atoms with Gasteiger partial charge < -0.3 is 4.57 Å². The van der Waals surface area contributed by atoms with Crippen molar-refractivity contribution in [2.24, 2.45) is 7.05 Å². The molecule has 6 rings (SSSR count). The average Bonchev–Trinajstić information content (AvgIpc) is 3.53. The molecule has 0 spiro atoms. The van der Waals surface area contributed by atoms with Crippen molar-refractivity contribution in [3.63, 3.8) is 0 Å². The number of para-hydroxylation sites is 1. The van der Waals surface area contributed by atoms with E-state index in [2.05, 4.69) is 119 Å². The molecule has 0 saturated carbocycles. The topological polar surface area (TPSA) is 21.7 Å². The Morgan fingerprint density at radius 1 is 0.727 bits per heavy atom. The summed E-state index contributed by atoms with van der Waals surface area (Å²) in [5.41, 5.74) is 8.21. The highest BCUT2D eigenvalue weighted by Gasteiger charge is 2.24. The Labute approximate surface area is 196 Å². The minimum absolute atomic E-state index is 0.956. The van der Waals surface area contributed by atoms with Gasteiger partial charge in [0, 0.05) is 46.2 Å². The summed E-state index contributed by atoms with van der Waals surface area (Å²) in [6, 6.07) is 34.3. The molecule has 0 aliphatic carbocycles. The van der Waals surface area contributed by atoms with Crippen molar-refractivity contribution < 1.29 is 4.57 Å². The molecule has 0 unspecified atom stereocenters. The highest BCUT2D eigenvalue weighted by Crippen LogP contribution is 2.35. The maximum atomic E-state index is 4.69. The molecule has 3 aromatic heterocycles. The second-order valence-electron chi connectivity index (χ2n) is 8.07. The average molecular weight is 445 g/mol. The van der Waals surface area contributed by atoms with Crippen LogP contribution >= 0.6 is 11.3 Å². The Balaban J connectivity index is 1.72. The van der Waals surface area contributed by atoms with Crippen LogP contribution in [0, 0.1) is 0 Å². The van der Waals surface area contributed by atoms with Crippen LogP contribution in [0.4, 0.5) is 0 Å². The third-order valence-corrected chi connectivity index (χ3v) is 6.78. The van der Waals surface area contributed by atoms with Gasteiger partial charge in [-0.25, -0.2) is 0 Å². The van der Waals surface area contributed by atoms with E-state index >= 15 is 0 Å².